The monoisotopic (exact) mass is 345 g/mol. The van der Waals surface area contributed by atoms with E-state index in [0.717, 1.165) is 17.0 Å². The van der Waals surface area contributed by atoms with E-state index in [1.807, 2.05) is 42.6 Å². The fourth-order valence-corrected chi connectivity index (χ4v) is 3.67. The molecule has 23 heavy (non-hydrogen) atoms. The van der Waals surface area contributed by atoms with Crippen LogP contribution in [0.4, 0.5) is 5.13 Å². The molecule has 0 atom stereocenters. The Hall–Kier alpha value is -2.12. The first kappa shape index (κ1) is 15.8. The molecule has 0 bridgehead atoms. The maximum absolute atomic E-state index is 12.4. The number of benzene rings is 1. The van der Waals surface area contributed by atoms with Crippen molar-refractivity contribution in [3.05, 3.63) is 45.8 Å². The summed E-state index contributed by atoms with van der Waals surface area (Å²) in [6.07, 6.45) is 1.86. The number of nitrogens with zero attached hydrogens (tertiary/aromatic N) is 3. The predicted molar refractivity (Wildman–Crippen MR) is 95.3 cm³/mol. The minimum absolute atomic E-state index is 0.0575. The maximum Gasteiger partial charge on any atom is 0.266 e. The number of thiazole rings is 1. The van der Waals surface area contributed by atoms with Crippen LogP contribution >= 0.6 is 23.1 Å². The van der Waals surface area contributed by atoms with E-state index in [1.54, 1.807) is 19.1 Å². The zero-order valence-electron chi connectivity index (χ0n) is 12.9. The third-order valence-electron chi connectivity index (χ3n) is 3.22. The lowest BCUT2D eigenvalue weighted by Gasteiger charge is -2.05. The second-order valence-electron chi connectivity index (χ2n) is 4.91. The molecule has 118 valence electrons. The Kier molecular flexibility index (Phi) is 4.49. The van der Waals surface area contributed by atoms with Crippen molar-refractivity contribution in [3.8, 4) is 5.75 Å². The van der Waals surface area contributed by atoms with Crippen LogP contribution in [-0.2, 0) is 4.79 Å². The first-order valence-electron chi connectivity index (χ1n) is 6.89. The summed E-state index contributed by atoms with van der Waals surface area (Å²) in [5.41, 5.74) is 1.88. The summed E-state index contributed by atoms with van der Waals surface area (Å²) in [6, 6.07) is 7.57. The number of aromatic nitrogens is 1. The topological polar surface area (TPSA) is 54.8 Å². The average molecular weight is 345 g/mol. The largest absolute Gasteiger partial charge is 0.497 e. The standard InChI is InChI=1S/C16H15N3O2S2/c1-10-9-22-15(17-10)18-16-19(2)14(20)13(23-16)8-11-4-6-12(21-3)7-5-11/h4-9H,1-3H3/b13-8-,18-16+. The van der Waals surface area contributed by atoms with E-state index in [1.165, 1.54) is 23.1 Å². The van der Waals surface area contributed by atoms with Crippen molar-refractivity contribution >= 4 is 45.4 Å². The van der Waals surface area contributed by atoms with Crippen LogP contribution in [0.5, 0.6) is 5.75 Å². The van der Waals surface area contributed by atoms with Crippen molar-refractivity contribution in [2.75, 3.05) is 14.2 Å². The molecule has 2 aromatic rings. The smallest absolute Gasteiger partial charge is 0.266 e. The minimum atomic E-state index is -0.0575. The quantitative estimate of drug-likeness (QED) is 0.796. The van der Waals surface area contributed by atoms with Gasteiger partial charge in [0.05, 0.1) is 17.7 Å². The van der Waals surface area contributed by atoms with Crippen LogP contribution in [0, 0.1) is 6.92 Å². The summed E-state index contributed by atoms with van der Waals surface area (Å²) in [4.78, 5) is 23.3. The number of thioether (sulfide) groups is 1. The molecule has 3 rings (SSSR count). The number of carbonyl (C=O) groups excluding carboxylic acids is 1. The number of ether oxygens (including phenoxy) is 1. The Morgan fingerprint density at radius 2 is 2.04 bits per heavy atom. The molecule has 1 aromatic carbocycles. The second-order valence-corrected chi connectivity index (χ2v) is 6.76. The Morgan fingerprint density at radius 3 is 2.65 bits per heavy atom. The fraction of sp³-hybridized carbons (Fsp3) is 0.188. The molecule has 0 saturated carbocycles. The number of methoxy groups -OCH3 is 1. The van der Waals surface area contributed by atoms with E-state index in [2.05, 4.69) is 9.98 Å². The summed E-state index contributed by atoms with van der Waals surface area (Å²) < 4.78 is 5.14. The molecule has 2 heterocycles. The van der Waals surface area contributed by atoms with Crippen LogP contribution in [0.3, 0.4) is 0 Å². The van der Waals surface area contributed by atoms with Crippen molar-refractivity contribution in [1.29, 1.82) is 0 Å². The van der Waals surface area contributed by atoms with Crippen LogP contribution in [0.1, 0.15) is 11.3 Å². The van der Waals surface area contributed by atoms with Crippen LogP contribution < -0.4 is 4.74 Å². The van der Waals surface area contributed by atoms with Crippen LogP contribution in [0.15, 0.2) is 39.5 Å². The van der Waals surface area contributed by atoms with Gasteiger partial charge in [0, 0.05) is 12.4 Å². The van der Waals surface area contributed by atoms with Gasteiger partial charge in [0.1, 0.15) is 5.75 Å². The molecule has 5 nitrogen and oxygen atoms in total. The molecule has 0 spiro atoms. The van der Waals surface area contributed by atoms with E-state index >= 15 is 0 Å². The number of likely N-dealkylation sites (N-methyl/N-ethyl adjacent to an activating group) is 1. The average Bonchev–Trinajstić information content (AvgIpc) is 3.07. The zero-order chi connectivity index (χ0) is 16.4. The number of carbonyl (C=O) groups is 1. The van der Waals surface area contributed by atoms with Gasteiger partial charge in [0.15, 0.2) is 5.17 Å². The first-order valence-corrected chi connectivity index (χ1v) is 8.59. The summed E-state index contributed by atoms with van der Waals surface area (Å²) in [7, 11) is 3.35. The molecule has 1 amide bonds. The van der Waals surface area contributed by atoms with Gasteiger partial charge in [-0.2, -0.15) is 4.99 Å². The van der Waals surface area contributed by atoms with Crippen molar-refractivity contribution in [1.82, 2.24) is 9.88 Å². The van der Waals surface area contributed by atoms with Gasteiger partial charge in [-0.15, -0.1) is 11.3 Å². The van der Waals surface area contributed by atoms with Crippen molar-refractivity contribution in [2.24, 2.45) is 4.99 Å². The Labute approximate surface area is 142 Å². The number of amidine groups is 1. The molecule has 0 aliphatic carbocycles. The number of aryl methyl sites for hydroxylation is 1. The third kappa shape index (κ3) is 3.46. The molecular weight excluding hydrogens is 330 g/mol. The lowest BCUT2D eigenvalue weighted by atomic mass is 10.2. The highest BCUT2D eigenvalue weighted by Crippen LogP contribution is 2.33. The van der Waals surface area contributed by atoms with E-state index in [9.17, 15) is 4.79 Å². The number of hydrogen-bond donors (Lipinski definition) is 0. The number of rotatable bonds is 3. The number of amides is 1. The van der Waals surface area contributed by atoms with E-state index in [0.29, 0.717) is 15.2 Å². The first-order chi connectivity index (χ1) is 11.1. The van der Waals surface area contributed by atoms with Gasteiger partial charge in [-0.05, 0) is 42.5 Å². The maximum atomic E-state index is 12.4. The van der Waals surface area contributed by atoms with Crippen molar-refractivity contribution in [2.45, 2.75) is 6.92 Å². The normalized spacial score (nSPS) is 18.2. The van der Waals surface area contributed by atoms with Gasteiger partial charge >= 0.3 is 0 Å². The summed E-state index contributed by atoms with van der Waals surface area (Å²) in [6.45, 7) is 1.92. The summed E-state index contributed by atoms with van der Waals surface area (Å²) in [5.74, 6) is 0.730. The molecule has 0 N–H and O–H groups in total. The van der Waals surface area contributed by atoms with Gasteiger partial charge in [0.25, 0.3) is 5.91 Å². The molecule has 1 aromatic heterocycles. The molecule has 0 unspecified atom stereocenters. The molecule has 1 aliphatic rings. The highest BCUT2D eigenvalue weighted by atomic mass is 32.2. The van der Waals surface area contributed by atoms with E-state index in [4.69, 9.17) is 4.74 Å². The predicted octanol–water partition coefficient (Wildman–Crippen LogP) is 3.69. The fourth-order valence-electron chi connectivity index (χ4n) is 1.98. The summed E-state index contributed by atoms with van der Waals surface area (Å²) in [5, 5.41) is 3.24. The van der Waals surface area contributed by atoms with Crippen molar-refractivity contribution < 1.29 is 9.53 Å². The number of hydrogen-bond acceptors (Lipinski definition) is 6. The SMILES string of the molecule is COc1ccc(/C=C2\S/C(=N/c3nc(C)cs3)N(C)C2=O)cc1. The Morgan fingerprint density at radius 1 is 1.30 bits per heavy atom. The lowest BCUT2D eigenvalue weighted by molar-refractivity contribution is -0.121. The highest BCUT2D eigenvalue weighted by Gasteiger charge is 2.30. The van der Waals surface area contributed by atoms with Gasteiger partial charge in [-0.1, -0.05) is 12.1 Å². The zero-order valence-corrected chi connectivity index (χ0v) is 14.6. The minimum Gasteiger partial charge on any atom is -0.497 e. The molecule has 1 saturated heterocycles. The van der Waals surface area contributed by atoms with E-state index in [-0.39, 0.29) is 5.91 Å². The molecule has 1 aliphatic heterocycles. The summed E-state index contributed by atoms with van der Waals surface area (Å²) >= 11 is 2.82. The molecule has 1 fully saturated rings. The third-order valence-corrected chi connectivity index (χ3v) is 5.13. The van der Waals surface area contributed by atoms with Crippen LogP contribution in [0.2, 0.25) is 0 Å². The molecule has 7 heteroatoms. The van der Waals surface area contributed by atoms with Crippen LogP contribution in [-0.4, -0.2) is 35.1 Å². The van der Waals surface area contributed by atoms with Gasteiger partial charge in [-0.3, -0.25) is 9.69 Å². The van der Waals surface area contributed by atoms with Gasteiger partial charge < -0.3 is 4.74 Å². The second kappa shape index (κ2) is 6.55. The van der Waals surface area contributed by atoms with Crippen LogP contribution in [0.25, 0.3) is 6.08 Å². The van der Waals surface area contributed by atoms with Crippen molar-refractivity contribution in [3.63, 3.8) is 0 Å². The highest BCUT2D eigenvalue weighted by molar-refractivity contribution is 8.18. The van der Waals surface area contributed by atoms with E-state index < -0.39 is 0 Å². The number of aliphatic imine (C=N–C) groups is 1. The Bertz CT molecular complexity index is 794. The van der Waals surface area contributed by atoms with Gasteiger partial charge in [-0.25, -0.2) is 4.98 Å². The lowest BCUT2D eigenvalue weighted by Crippen LogP contribution is -2.23. The molecular formula is C16H15N3O2S2. The molecule has 0 radical (unpaired) electrons. The Balaban J connectivity index is 1.85. The van der Waals surface area contributed by atoms with Gasteiger partial charge in [0.2, 0.25) is 5.13 Å².